The van der Waals surface area contributed by atoms with E-state index in [-0.39, 0.29) is 17.4 Å². The molecule has 7 nitrogen and oxygen atoms in total. The molecule has 2 heterocycles. The lowest BCUT2D eigenvalue weighted by Crippen LogP contribution is -2.37. The maximum atomic E-state index is 12.8. The molecule has 1 amide bonds. The van der Waals surface area contributed by atoms with Crippen LogP contribution >= 0.6 is 0 Å². The van der Waals surface area contributed by atoms with Gasteiger partial charge in [0.15, 0.2) is 12.4 Å². The van der Waals surface area contributed by atoms with Crippen molar-refractivity contribution < 1.29 is 27.2 Å². The topological polar surface area (TPSA) is 90.1 Å². The number of carbonyl (C=O) groups is 1. The van der Waals surface area contributed by atoms with Crippen LogP contribution in [0.1, 0.15) is 73.3 Å². The number of nitrogens with one attached hydrogen (secondary N) is 1. The molecule has 1 N–H and O–H groups in total. The lowest BCUT2D eigenvalue weighted by molar-refractivity contribution is -0.153. The molecule has 29 heavy (non-hydrogen) atoms. The minimum Gasteiger partial charge on any atom is -0.484 e. The van der Waals surface area contributed by atoms with Crippen molar-refractivity contribution in [3.05, 3.63) is 35.2 Å². The summed E-state index contributed by atoms with van der Waals surface area (Å²) in [5.41, 5.74) is 0.100. The van der Waals surface area contributed by atoms with E-state index in [0.29, 0.717) is 17.3 Å². The molecule has 10 heteroatoms. The third-order valence-corrected chi connectivity index (χ3v) is 4.48. The Bertz CT molecular complexity index is 886. The van der Waals surface area contributed by atoms with Gasteiger partial charge >= 0.3 is 6.18 Å². The van der Waals surface area contributed by atoms with Crippen molar-refractivity contribution in [2.75, 3.05) is 6.61 Å². The number of hydrogen-bond donors (Lipinski definition) is 1. The molecule has 0 radical (unpaired) electrons. The van der Waals surface area contributed by atoms with Gasteiger partial charge in [-0.25, -0.2) is 0 Å². The number of aromatic nitrogens is 3. The van der Waals surface area contributed by atoms with Gasteiger partial charge in [0.25, 0.3) is 5.91 Å². The monoisotopic (exact) mass is 412 g/mol. The van der Waals surface area contributed by atoms with Gasteiger partial charge in [-0.15, -0.1) is 0 Å². The Labute approximate surface area is 166 Å². The van der Waals surface area contributed by atoms with Crippen LogP contribution in [0.15, 0.2) is 16.8 Å². The lowest BCUT2D eigenvalue weighted by atomic mass is 9.86. The van der Waals surface area contributed by atoms with Gasteiger partial charge < -0.3 is 14.6 Å². The van der Waals surface area contributed by atoms with Gasteiger partial charge in [0.05, 0.1) is 6.04 Å². The molecule has 0 aliphatic heterocycles. The molecule has 158 valence electrons. The molecule has 0 bridgehead atoms. The number of amides is 1. The molecule has 3 rings (SSSR count). The predicted octanol–water partition coefficient (Wildman–Crippen LogP) is 4.11. The van der Waals surface area contributed by atoms with Gasteiger partial charge in [-0.2, -0.15) is 18.2 Å². The van der Waals surface area contributed by atoms with Crippen LogP contribution in [-0.2, 0) is 0 Å². The van der Waals surface area contributed by atoms with Crippen LogP contribution < -0.4 is 10.1 Å². The quantitative estimate of drug-likeness (QED) is 0.768. The number of halogens is 3. The summed E-state index contributed by atoms with van der Waals surface area (Å²) in [4.78, 5) is 21.1. The lowest BCUT2D eigenvalue weighted by Gasteiger charge is -2.28. The molecular weight excluding hydrogens is 389 g/mol. The van der Waals surface area contributed by atoms with E-state index in [9.17, 15) is 18.0 Å². The van der Waals surface area contributed by atoms with Gasteiger partial charge in [-0.1, -0.05) is 25.9 Å². The van der Waals surface area contributed by atoms with Gasteiger partial charge in [-0.05, 0) is 24.2 Å². The fourth-order valence-electron chi connectivity index (χ4n) is 2.86. The molecule has 0 aromatic carbocycles. The summed E-state index contributed by atoms with van der Waals surface area (Å²) < 4.78 is 47.8. The van der Waals surface area contributed by atoms with E-state index in [1.807, 2.05) is 20.8 Å². The summed E-state index contributed by atoms with van der Waals surface area (Å²) in [6.45, 7) is 5.90. The van der Waals surface area contributed by atoms with Crippen LogP contribution in [0.25, 0.3) is 0 Å². The van der Waals surface area contributed by atoms with Crippen LogP contribution in [0.3, 0.4) is 0 Å². The Morgan fingerprint density at radius 1 is 1.34 bits per heavy atom. The third kappa shape index (κ3) is 5.45. The minimum absolute atomic E-state index is 0.0349. The van der Waals surface area contributed by atoms with Gasteiger partial charge in [0, 0.05) is 24.8 Å². The van der Waals surface area contributed by atoms with Gasteiger partial charge in [-0.3, -0.25) is 9.78 Å². The first-order valence-electron chi connectivity index (χ1n) is 9.24. The molecule has 1 aliphatic carbocycles. The average molecular weight is 412 g/mol. The van der Waals surface area contributed by atoms with Crippen molar-refractivity contribution in [3.63, 3.8) is 0 Å². The molecule has 0 spiro atoms. The summed E-state index contributed by atoms with van der Waals surface area (Å²) in [5.74, 6) is 0.261. The minimum atomic E-state index is -4.47. The van der Waals surface area contributed by atoms with E-state index in [4.69, 9.17) is 9.26 Å². The molecule has 2 aromatic heterocycles. The Morgan fingerprint density at radius 3 is 2.55 bits per heavy atom. The molecule has 1 atom stereocenters. The fourth-order valence-corrected chi connectivity index (χ4v) is 2.86. The number of hydrogen-bond acceptors (Lipinski definition) is 6. The number of pyridine rings is 1. The number of alkyl halides is 3. The number of carbonyl (C=O) groups excluding carboxylic acids is 1. The highest BCUT2D eigenvalue weighted by Crippen LogP contribution is 2.44. The number of ether oxygens (including phenoxy) is 1. The predicted molar refractivity (Wildman–Crippen MR) is 96.5 cm³/mol. The summed E-state index contributed by atoms with van der Waals surface area (Å²) in [7, 11) is 0. The smallest absolute Gasteiger partial charge is 0.422 e. The number of aryl methyl sites for hydroxylation is 1. The summed E-state index contributed by atoms with van der Waals surface area (Å²) in [5, 5.41) is 6.68. The SMILES string of the molecule is Cc1nc(C(NC(=O)c2cc(OCC(F)(F)F)c(C3CC3)cn2)C(C)(C)C)no1. The molecule has 1 saturated carbocycles. The van der Waals surface area contributed by atoms with Crippen LogP contribution in [0.2, 0.25) is 0 Å². The zero-order chi connectivity index (χ0) is 21.4. The normalized spacial score (nSPS) is 15.8. The Kier molecular flexibility index (Phi) is 5.55. The highest BCUT2D eigenvalue weighted by molar-refractivity contribution is 5.93. The second kappa shape index (κ2) is 7.64. The van der Waals surface area contributed by atoms with Crippen LogP contribution in [0, 0.1) is 12.3 Å². The van der Waals surface area contributed by atoms with Crippen LogP contribution in [-0.4, -0.2) is 33.8 Å². The van der Waals surface area contributed by atoms with Crippen molar-refractivity contribution in [1.29, 1.82) is 0 Å². The largest absolute Gasteiger partial charge is 0.484 e. The van der Waals surface area contributed by atoms with Gasteiger partial charge in [0.2, 0.25) is 5.89 Å². The summed E-state index contributed by atoms with van der Waals surface area (Å²) in [6.07, 6.45) is -1.33. The molecule has 2 aromatic rings. The first kappa shape index (κ1) is 21.1. The highest BCUT2D eigenvalue weighted by Gasteiger charge is 2.34. The second-order valence-corrected chi connectivity index (χ2v) is 8.23. The fraction of sp³-hybridized carbons (Fsp3) is 0.579. The Morgan fingerprint density at radius 2 is 2.03 bits per heavy atom. The molecule has 0 saturated heterocycles. The van der Waals surface area contributed by atoms with E-state index in [1.54, 1.807) is 6.92 Å². The van der Waals surface area contributed by atoms with E-state index < -0.39 is 30.1 Å². The molecule has 1 fully saturated rings. The zero-order valence-corrected chi connectivity index (χ0v) is 16.6. The zero-order valence-electron chi connectivity index (χ0n) is 16.6. The van der Waals surface area contributed by atoms with Gasteiger partial charge in [0.1, 0.15) is 11.4 Å². The van der Waals surface area contributed by atoms with Crippen molar-refractivity contribution in [3.8, 4) is 5.75 Å². The maximum absolute atomic E-state index is 12.8. The standard InChI is InChI=1S/C19H23F3N4O3/c1-10-24-16(26-29-10)15(18(2,3)4)25-17(27)13-7-14(28-9-19(20,21)22)12(8-23-13)11-5-6-11/h7-8,11,15H,5-6,9H2,1-4H3,(H,25,27). The molecule has 1 aliphatic rings. The Hall–Kier alpha value is -2.65. The Balaban J connectivity index is 1.83. The van der Waals surface area contributed by atoms with Crippen molar-refractivity contribution in [1.82, 2.24) is 20.4 Å². The maximum Gasteiger partial charge on any atom is 0.422 e. The molecular formula is C19H23F3N4O3. The third-order valence-electron chi connectivity index (χ3n) is 4.48. The van der Waals surface area contributed by atoms with Crippen LogP contribution in [0.5, 0.6) is 5.75 Å². The number of nitrogens with zero attached hydrogens (tertiary/aromatic N) is 3. The van der Waals surface area contributed by atoms with Crippen LogP contribution in [0.4, 0.5) is 13.2 Å². The molecule has 1 unspecified atom stereocenters. The summed E-state index contributed by atoms with van der Waals surface area (Å²) in [6, 6.07) is 0.674. The van der Waals surface area contributed by atoms with E-state index >= 15 is 0 Å². The second-order valence-electron chi connectivity index (χ2n) is 8.23. The van der Waals surface area contributed by atoms with Crippen molar-refractivity contribution in [2.45, 2.75) is 58.7 Å². The first-order chi connectivity index (χ1) is 13.4. The average Bonchev–Trinajstić information content (AvgIpc) is 3.37. The van der Waals surface area contributed by atoms with Crippen molar-refractivity contribution >= 4 is 5.91 Å². The highest BCUT2D eigenvalue weighted by atomic mass is 19.4. The summed E-state index contributed by atoms with van der Waals surface area (Å²) >= 11 is 0. The number of rotatable bonds is 6. The van der Waals surface area contributed by atoms with E-state index in [0.717, 1.165) is 12.8 Å². The first-order valence-corrected chi connectivity index (χ1v) is 9.24. The van der Waals surface area contributed by atoms with Crippen molar-refractivity contribution in [2.24, 2.45) is 5.41 Å². The van der Waals surface area contributed by atoms with E-state index in [1.165, 1.54) is 12.3 Å². The van der Waals surface area contributed by atoms with E-state index in [2.05, 4.69) is 20.4 Å².